The summed E-state index contributed by atoms with van der Waals surface area (Å²) in [4.78, 5) is 12.4. The van der Waals surface area contributed by atoms with Gasteiger partial charge in [-0.3, -0.25) is 4.79 Å². The average molecular weight is 392 g/mol. The zero-order valence-corrected chi connectivity index (χ0v) is 16.1. The fourth-order valence-corrected chi connectivity index (χ4v) is 3.49. The number of halogens is 1. The summed E-state index contributed by atoms with van der Waals surface area (Å²) >= 11 is 0. The molecule has 0 unspecified atom stereocenters. The Bertz CT molecular complexity index is 678. The van der Waals surface area contributed by atoms with Gasteiger partial charge in [0, 0.05) is 38.3 Å². The molecule has 0 aromatic heterocycles. The first-order chi connectivity index (χ1) is 11.4. The van der Waals surface area contributed by atoms with Gasteiger partial charge in [0.25, 0.3) is 5.91 Å². The highest BCUT2D eigenvalue weighted by molar-refractivity contribution is 7.89. The van der Waals surface area contributed by atoms with Crippen LogP contribution >= 0.6 is 12.4 Å². The number of methoxy groups -OCH3 is 1. The number of benzene rings is 1. The van der Waals surface area contributed by atoms with Crippen LogP contribution in [0.15, 0.2) is 23.1 Å². The largest absolute Gasteiger partial charge is 0.383 e. The number of carbonyl (C=O) groups excluding carboxylic acids is 1. The Balaban J connectivity index is 0.00000312. The molecular formula is C16H26ClN3O4S. The molecule has 0 atom stereocenters. The van der Waals surface area contributed by atoms with Gasteiger partial charge in [-0.1, -0.05) is 6.07 Å². The van der Waals surface area contributed by atoms with Gasteiger partial charge in [-0.2, -0.15) is 0 Å². The smallest absolute Gasteiger partial charge is 0.251 e. The minimum absolute atomic E-state index is 0. The number of hydrogen-bond donors (Lipinski definition) is 3. The van der Waals surface area contributed by atoms with Crippen molar-refractivity contribution >= 4 is 28.3 Å². The lowest BCUT2D eigenvalue weighted by Crippen LogP contribution is -2.33. The molecule has 0 bridgehead atoms. The minimum Gasteiger partial charge on any atom is -0.383 e. The van der Waals surface area contributed by atoms with Crippen LogP contribution in [0.4, 0.5) is 0 Å². The molecule has 0 radical (unpaired) electrons. The molecular weight excluding hydrogens is 366 g/mol. The van der Waals surface area contributed by atoms with Crippen LogP contribution < -0.4 is 15.4 Å². The second-order valence-electron chi connectivity index (χ2n) is 5.87. The fourth-order valence-electron chi connectivity index (χ4n) is 2.16. The second-order valence-corrected chi connectivity index (χ2v) is 7.58. The first kappa shape index (κ1) is 21.9. The van der Waals surface area contributed by atoms with E-state index in [1.165, 1.54) is 12.1 Å². The van der Waals surface area contributed by atoms with Crippen molar-refractivity contribution in [2.24, 2.45) is 0 Å². The van der Waals surface area contributed by atoms with Gasteiger partial charge in [-0.25, -0.2) is 13.1 Å². The highest BCUT2D eigenvalue weighted by Crippen LogP contribution is 2.23. The van der Waals surface area contributed by atoms with Gasteiger partial charge >= 0.3 is 0 Å². The summed E-state index contributed by atoms with van der Waals surface area (Å²) in [5.74, 6) is -0.274. The highest BCUT2D eigenvalue weighted by Gasteiger charge is 2.28. The minimum atomic E-state index is -3.56. The van der Waals surface area contributed by atoms with Crippen LogP contribution in [-0.4, -0.2) is 53.7 Å². The van der Waals surface area contributed by atoms with Gasteiger partial charge in [-0.15, -0.1) is 12.4 Å². The molecule has 9 heteroatoms. The topological polar surface area (TPSA) is 96.5 Å². The first-order valence-corrected chi connectivity index (χ1v) is 9.53. The number of rotatable bonds is 10. The Morgan fingerprint density at radius 2 is 1.96 bits per heavy atom. The molecule has 1 aromatic carbocycles. The number of carbonyl (C=O) groups is 1. The molecule has 3 N–H and O–H groups in total. The molecule has 0 heterocycles. The van der Waals surface area contributed by atoms with E-state index in [0.717, 1.165) is 18.4 Å². The van der Waals surface area contributed by atoms with Crippen molar-refractivity contribution in [2.75, 3.05) is 33.4 Å². The summed E-state index contributed by atoms with van der Waals surface area (Å²) in [5.41, 5.74) is 1.12. The van der Waals surface area contributed by atoms with Gasteiger partial charge in [0.15, 0.2) is 0 Å². The summed E-state index contributed by atoms with van der Waals surface area (Å²) in [6, 6.07) is 4.66. The monoisotopic (exact) mass is 391 g/mol. The molecule has 1 amide bonds. The number of sulfonamides is 1. The molecule has 0 saturated heterocycles. The molecule has 7 nitrogen and oxygen atoms in total. The van der Waals surface area contributed by atoms with Gasteiger partial charge < -0.3 is 15.4 Å². The third-order valence-electron chi connectivity index (χ3n) is 3.73. The quantitative estimate of drug-likeness (QED) is 0.513. The van der Waals surface area contributed by atoms with Crippen molar-refractivity contribution in [3.63, 3.8) is 0 Å². The molecule has 142 valence electrons. The third kappa shape index (κ3) is 6.91. The molecule has 2 rings (SSSR count). The molecule has 0 aliphatic heterocycles. The summed E-state index contributed by atoms with van der Waals surface area (Å²) in [6.45, 7) is 4.19. The van der Waals surface area contributed by atoms with Gasteiger partial charge in [0.2, 0.25) is 10.0 Å². The van der Waals surface area contributed by atoms with E-state index in [-0.39, 0.29) is 29.3 Å². The van der Waals surface area contributed by atoms with Crippen LogP contribution in [0, 0.1) is 6.92 Å². The average Bonchev–Trinajstić information content (AvgIpc) is 3.34. The van der Waals surface area contributed by atoms with Crippen LogP contribution in [-0.2, 0) is 14.8 Å². The number of ether oxygens (including phenoxy) is 1. The predicted octanol–water partition coefficient (Wildman–Crippen LogP) is 0.823. The number of nitrogens with one attached hydrogen (secondary N) is 3. The van der Waals surface area contributed by atoms with Crippen molar-refractivity contribution in [1.82, 2.24) is 15.4 Å². The van der Waals surface area contributed by atoms with Gasteiger partial charge in [-0.05, 0) is 37.5 Å². The SMILES string of the molecule is COCCNCCNC(=O)c1cc(S(=O)(=O)NC2CC2)ccc1C.Cl. The second kappa shape index (κ2) is 10.1. The first-order valence-electron chi connectivity index (χ1n) is 8.05. The lowest BCUT2D eigenvalue weighted by atomic mass is 10.1. The van der Waals surface area contributed by atoms with Crippen molar-refractivity contribution in [1.29, 1.82) is 0 Å². The summed E-state index contributed by atoms with van der Waals surface area (Å²) in [5, 5.41) is 5.92. The van der Waals surface area contributed by atoms with Crippen molar-refractivity contribution in [2.45, 2.75) is 30.7 Å². The van der Waals surface area contributed by atoms with Crippen molar-refractivity contribution in [3.05, 3.63) is 29.3 Å². The van der Waals surface area contributed by atoms with Gasteiger partial charge in [0.05, 0.1) is 11.5 Å². The molecule has 1 fully saturated rings. The summed E-state index contributed by atoms with van der Waals surface area (Å²) in [7, 11) is -1.93. The Morgan fingerprint density at radius 1 is 1.24 bits per heavy atom. The van der Waals surface area contributed by atoms with Crippen LogP contribution in [0.2, 0.25) is 0 Å². The Kier molecular flexibility index (Phi) is 8.81. The number of amides is 1. The number of hydrogen-bond acceptors (Lipinski definition) is 5. The van der Waals surface area contributed by atoms with E-state index in [1.807, 2.05) is 0 Å². The lowest BCUT2D eigenvalue weighted by Gasteiger charge is -2.11. The van der Waals surface area contributed by atoms with Crippen LogP contribution in [0.5, 0.6) is 0 Å². The highest BCUT2D eigenvalue weighted by atomic mass is 35.5. The maximum atomic E-state index is 12.3. The van der Waals surface area contributed by atoms with Crippen molar-refractivity contribution < 1.29 is 17.9 Å². The molecule has 25 heavy (non-hydrogen) atoms. The summed E-state index contributed by atoms with van der Waals surface area (Å²) in [6.07, 6.45) is 1.74. The predicted molar refractivity (Wildman–Crippen MR) is 98.8 cm³/mol. The Labute approximate surface area is 155 Å². The van der Waals surface area contributed by atoms with E-state index in [4.69, 9.17) is 4.74 Å². The normalized spacial score (nSPS) is 14.0. The zero-order valence-electron chi connectivity index (χ0n) is 14.5. The third-order valence-corrected chi connectivity index (χ3v) is 5.25. The standard InChI is InChI=1S/C16H25N3O4S.ClH/c1-12-3-6-14(24(21,22)19-13-4-5-13)11-15(12)16(20)18-8-7-17-9-10-23-2;/h3,6,11,13,17,19H,4-5,7-10H2,1-2H3,(H,18,20);1H. The van der Waals surface area contributed by atoms with Crippen LogP contribution in [0.3, 0.4) is 0 Å². The van der Waals surface area contributed by atoms with E-state index in [0.29, 0.717) is 31.8 Å². The summed E-state index contributed by atoms with van der Waals surface area (Å²) < 4.78 is 32.1. The van der Waals surface area contributed by atoms with Crippen molar-refractivity contribution in [3.8, 4) is 0 Å². The molecule has 1 aliphatic carbocycles. The Morgan fingerprint density at radius 3 is 2.60 bits per heavy atom. The van der Waals surface area contributed by atoms with E-state index in [2.05, 4.69) is 15.4 Å². The zero-order chi connectivity index (χ0) is 17.6. The Hall–Kier alpha value is -1.19. The lowest BCUT2D eigenvalue weighted by molar-refractivity contribution is 0.0953. The van der Waals surface area contributed by atoms with E-state index >= 15 is 0 Å². The van der Waals surface area contributed by atoms with Gasteiger partial charge in [0.1, 0.15) is 0 Å². The fraction of sp³-hybridized carbons (Fsp3) is 0.562. The van der Waals surface area contributed by atoms with E-state index < -0.39 is 10.0 Å². The molecule has 0 spiro atoms. The van der Waals surface area contributed by atoms with E-state index in [1.54, 1.807) is 20.1 Å². The maximum Gasteiger partial charge on any atom is 0.251 e. The number of aryl methyl sites for hydroxylation is 1. The molecule has 1 aliphatic rings. The maximum absolute atomic E-state index is 12.3. The van der Waals surface area contributed by atoms with Crippen LogP contribution in [0.1, 0.15) is 28.8 Å². The molecule has 1 aromatic rings. The van der Waals surface area contributed by atoms with Crippen LogP contribution in [0.25, 0.3) is 0 Å². The molecule has 1 saturated carbocycles. The van der Waals surface area contributed by atoms with E-state index in [9.17, 15) is 13.2 Å².